The first-order valence-electron chi connectivity index (χ1n) is 11.6. The number of rotatable bonds is 9. The zero-order valence-electron chi connectivity index (χ0n) is 19.9. The third-order valence-corrected chi connectivity index (χ3v) is 6.24. The number of anilines is 1. The molecule has 8 nitrogen and oxygen atoms in total. The minimum absolute atomic E-state index is 0.0375. The summed E-state index contributed by atoms with van der Waals surface area (Å²) >= 11 is 3.29. The summed E-state index contributed by atoms with van der Waals surface area (Å²) in [6.45, 7) is 1.84. The number of imide groups is 1. The summed E-state index contributed by atoms with van der Waals surface area (Å²) in [6.07, 6.45) is 1.66. The summed E-state index contributed by atoms with van der Waals surface area (Å²) in [5.74, 6) is -2.82. The van der Waals surface area contributed by atoms with Crippen molar-refractivity contribution in [2.45, 2.75) is 19.8 Å². The zero-order chi connectivity index (χ0) is 26.5. The van der Waals surface area contributed by atoms with Crippen LogP contribution in [0.25, 0.3) is 0 Å². The second-order valence-corrected chi connectivity index (χ2v) is 9.16. The minimum Gasteiger partial charge on any atom is -0.462 e. The monoisotopic (exact) mass is 563 g/mol. The first-order valence-corrected chi connectivity index (χ1v) is 12.4. The molecule has 188 valence electrons. The Kier molecular flexibility index (Phi) is 7.93. The molecule has 37 heavy (non-hydrogen) atoms. The number of benzene rings is 3. The number of hydrogen-bond donors (Lipinski definition) is 0. The molecular formula is C28H22BrNO7. The molecule has 0 saturated carbocycles. The Hall–Kier alpha value is -4.11. The fourth-order valence-corrected chi connectivity index (χ4v) is 3.94. The fourth-order valence-electron chi connectivity index (χ4n) is 3.67. The van der Waals surface area contributed by atoms with E-state index in [1.807, 2.05) is 6.92 Å². The van der Waals surface area contributed by atoms with Crippen LogP contribution in [0.15, 0.2) is 71.2 Å². The number of unbranched alkanes of at least 4 members (excludes halogenated alkanes) is 1. The van der Waals surface area contributed by atoms with Gasteiger partial charge in [0.1, 0.15) is 0 Å². The Morgan fingerprint density at radius 2 is 1.35 bits per heavy atom. The number of carbonyl (C=O) groups is 5. The molecule has 0 aliphatic carbocycles. The van der Waals surface area contributed by atoms with Crippen molar-refractivity contribution >= 4 is 51.2 Å². The molecule has 3 aromatic carbocycles. The van der Waals surface area contributed by atoms with Crippen LogP contribution in [0.3, 0.4) is 0 Å². The van der Waals surface area contributed by atoms with Crippen LogP contribution in [0.2, 0.25) is 0 Å². The number of hydrogen-bond acceptors (Lipinski definition) is 7. The first kappa shape index (κ1) is 26.0. The number of fused-ring (bicyclic) bond motifs is 1. The van der Waals surface area contributed by atoms with Crippen LogP contribution < -0.4 is 4.90 Å². The van der Waals surface area contributed by atoms with E-state index in [9.17, 15) is 24.0 Å². The zero-order valence-corrected chi connectivity index (χ0v) is 21.4. The van der Waals surface area contributed by atoms with Gasteiger partial charge in [-0.15, -0.1) is 0 Å². The van der Waals surface area contributed by atoms with Crippen molar-refractivity contribution in [3.63, 3.8) is 0 Å². The standard InChI is InChI=1S/C28H22BrNO7/c1-2-3-14-36-27(34)18-6-11-21(12-7-18)30-25(32)22-13-8-19(15-23(22)26(30)33)28(35)37-16-24(31)17-4-9-20(29)10-5-17/h4-13,15H,2-3,14,16H2,1H3. The van der Waals surface area contributed by atoms with Gasteiger partial charge < -0.3 is 9.47 Å². The number of nitrogens with zero attached hydrogens (tertiary/aromatic N) is 1. The largest absolute Gasteiger partial charge is 0.462 e. The third kappa shape index (κ3) is 5.67. The number of ether oxygens (including phenoxy) is 2. The second kappa shape index (κ2) is 11.3. The molecule has 0 spiro atoms. The van der Waals surface area contributed by atoms with Crippen molar-refractivity contribution in [2.75, 3.05) is 18.1 Å². The molecule has 9 heteroatoms. The van der Waals surface area contributed by atoms with E-state index >= 15 is 0 Å². The highest BCUT2D eigenvalue weighted by molar-refractivity contribution is 9.10. The van der Waals surface area contributed by atoms with E-state index in [0.717, 1.165) is 22.2 Å². The van der Waals surface area contributed by atoms with Crippen molar-refractivity contribution in [1.29, 1.82) is 0 Å². The van der Waals surface area contributed by atoms with E-state index < -0.39 is 30.4 Å². The molecule has 1 aliphatic rings. The summed E-state index contributed by atoms with van der Waals surface area (Å²) in [6, 6.07) is 16.6. The third-order valence-electron chi connectivity index (χ3n) is 5.72. The summed E-state index contributed by atoms with van der Waals surface area (Å²) < 4.78 is 11.1. The quantitative estimate of drug-likeness (QED) is 0.151. The van der Waals surface area contributed by atoms with Gasteiger partial charge in [0.05, 0.1) is 34.5 Å². The van der Waals surface area contributed by atoms with Crippen LogP contribution >= 0.6 is 15.9 Å². The Balaban J connectivity index is 1.44. The van der Waals surface area contributed by atoms with Crippen molar-refractivity contribution in [3.05, 3.63) is 99.0 Å². The molecule has 0 unspecified atom stereocenters. The Bertz CT molecular complexity index is 1380. The lowest BCUT2D eigenvalue weighted by molar-refractivity contribution is 0.0473. The average molecular weight is 564 g/mol. The number of ketones is 1. The Morgan fingerprint density at radius 3 is 2.03 bits per heavy atom. The number of esters is 2. The first-order chi connectivity index (χ1) is 17.8. The van der Waals surface area contributed by atoms with Gasteiger partial charge in [-0.1, -0.05) is 41.4 Å². The van der Waals surface area contributed by atoms with Crippen molar-refractivity contribution in [3.8, 4) is 0 Å². The van der Waals surface area contributed by atoms with Gasteiger partial charge in [-0.2, -0.15) is 0 Å². The summed E-state index contributed by atoms with van der Waals surface area (Å²) in [7, 11) is 0. The van der Waals surface area contributed by atoms with E-state index in [1.165, 1.54) is 42.5 Å². The molecule has 0 aromatic heterocycles. The maximum absolute atomic E-state index is 13.1. The highest BCUT2D eigenvalue weighted by Gasteiger charge is 2.37. The van der Waals surface area contributed by atoms with E-state index in [0.29, 0.717) is 17.7 Å². The summed E-state index contributed by atoms with van der Waals surface area (Å²) in [5, 5.41) is 0. The van der Waals surface area contributed by atoms with Gasteiger partial charge in [0, 0.05) is 10.0 Å². The number of amides is 2. The summed E-state index contributed by atoms with van der Waals surface area (Å²) in [4.78, 5) is 63.9. The van der Waals surface area contributed by atoms with Gasteiger partial charge in [0.25, 0.3) is 11.8 Å². The van der Waals surface area contributed by atoms with Gasteiger partial charge in [-0.3, -0.25) is 14.4 Å². The van der Waals surface area contributed by atoms with Crippen LogP contribution in [0.5, 0.6) is 0 Å². The predicted octanol–water partition coefficient (Wildman–Crippen LogP) is 5.25. The van der Waals surface area contributed by atoms with E-state index in [4.69, 9.17) is 9.47 Å². The molecule has 0 bridgehead atoms. The van der Waals surface area contributed by atoms with Crippen LogP contribution in [-0.2, 0) is 9.47 Å². The van der Waals surface area contributed by atoms with Crippen LogP contribution in [0.1, 0.15) is 71.6 Å². The molecule has 0 atom stereocenters. The maximum atomic E-state index is 13.1. The van der Waals surface area contributed by atoms with Gasteiger partial charge in [0.15, 0.2) is 12.4 Å². The van der Waals surface area contributed by atoms with Gasteiger partial charge in [0.2, 0.25) is 0 Å². The molecule has 0 saturated heterocycles. The van der Waals surface area contributed by atoms with E-state index in [-0.39, 0.29) is 28.2 Å². The molecule has 0 N–H and O–H groups in total. The maximum Gasteiger partial charge on any atom is 0.338 e. The van der Waals surface area contributed by atoms with E-state index in [1.54, 1.807) is 24.3 Å². The van der Waals surface area contributed by atoms with Gasteiger partial charge >= 0.3 is 11.9 Å². The molecule has 0 fully saturated rings. The van der Waals surface area contributed by atoms with Crippen molar-refractivity contribution in [2.24, 2.45) is 0 Å². The number of Topliss-reactive ketones (excluding diaryl/α,β-unsaturated/α-hetero) is 1. The molecule has 3 aromatic rings. The number of carbonyl (C=O) groups excluding carboxylic acids is 5. The molecule has 1 aliphatic heterocycles. The smallest absolute Gasteiger partial charge is 0.338 e. The van der Waals surface area contributed by atoms with Crippen LogP contribution in [-0.4, -0.2) is 42.7 Å². The molecule has 2 amide bonds. The molecule has 1 heterocycles. The Morgan fingerprint density at radius 1 is 0.757 bits per heavy atom. The minimum atomic E-state index is -0.794. The highest BCUT2D eigenvalue weighted by atomic mass is 79.9. The van der Waals surface area contributed by atoms with Gasteiger partial charge in [-0.05, 0) is 61.0 Å². The van der Waals surface area contributed by atoms with Gasteiger partial charge in [-0.25, -0.2) is 14.5 Å². The lowest BCUT2D eigenvalue weighted by Gasteiger charge is -2.14. The van der Waals surface area contributed by atoms with Crippen LogP contribution in [0, 0.1) is 0 Å². The topological polar surface area (TPSA) is 107 Å². The summed E-state index contributed by atoms with van der Waals surface area (Å²) in [5.41, 5.74) is 1.19. The molecular weight excluding hydrogens is 542 g/mol. The van der Waals surface area contributed by atoms with Crippen molar-refractivity contribution < 1.29 is 33.4 Å². The van der Waals surface area contributed by atoms with E-state index in [2.05, 4.69) is 15.9 Å². The lowest BCUT2D eigenvalue weighted by Crippen LogP contribution is -2.29. The molecule has 4 rings (SSSR count). The second-order valence-electron chi connectivity index (χ2n) is 8.25. The molecule has 0 radical (unpaired) electrons. The SMILES string of the molecule is CCCCOC(=O)c1ccc(N2C(=O)c3ccc(C(=O)OCC(=O)c4ccc(Br)cc4)cc3C2=O)cc1. The Labute approximate surface area is 221 Å². The predicted molar refractivity (Wildman–Crippen MR) is 138 cm³/mol. The normalized spacial score (nSPS) is 12.3. The highest BCUT2D eigenvalue weighted by Crippen LogP contribution is 2.29. The number of halogens is 1. The average Bonchev–Trinajstić information content (AvgIpc) is 3.16. The lowest BCUT2D eigenvalue weighted by atomic mass is 10.1. The van der Waals surface area contributed by atoms with Crippen molar-refractivity contribution in [1.82, 2.24) is 0 Å². The fraction of sp³-hybridized carbons (Fsp3) is 0.179. The van der Waals surface area contributed by atoms with Crippen LogP contribution in [0.4, 0.5) is 5.69 Å².